The molecule has 0 bridgehead atoms. The highest BCUT2D eigenvalue weighted by Gasteiger charge is 2.03. The normalized spacial score (nSPS) is 8.65. The maximum Gasteiger partial charge on any atom is 0.185 e. The molecule has 0 saturated carbocycles. The third-order valence-electron chi connectivity index (χ3n) is 2.60. The Morgan fingerprint density at radius 1 is 0.950 bits per heavy atom. The summed E-state index contributed by atoms with van der Waals surface area (Å²) in [5.41, 5.74) is 12.9. The van der Waals surface area contributed by atoms with Gasteiger partial charge in [-0.05, 0) is 42.8 Å². The van der Waals surface area contributed by atoms with E-state index >= 15 is 0 Å². The maximum absolute atomic E-state index is 5.86. The van der Waals surface area contributed by atoms with E-state index in [9.17, 15) is 0 Å². The van der Waals surface area contributed by atoms with E-state index in [-0.39, 0.29) is 0 Å². The Hall–Kier alpha value is -2.90. The zero-order valence-corrected chi connectivity index (χ0v) is 11.3. The van der Waals surface area contributed by atoms with Gasteiger partial charge in [0.05, 0.1) is 0 Å². The maximum atomic E-state index is 5.86. The molecule has 0 amide bonds. The first-order valence-corrected chi connectivity index (χ1v) is 6.24. The largest absolute Gasteiger partial charge is 0.448 e. The molecular formula is C19H14O. The Kier molecular flexibility index (Phi) is 4.65. The van der Waals surface area contributed by atoms with E-state index in [0.717, 1.165) is 11.3 Å². The second-order valence-electron chi connectivity index (χ2n) is 4.16. The van der Waals surface area contributed by atoms with E-state index in [1.807, 2.05) is 61.5 Å². The van der Waals surface area contributed by atoms with Crippen LogP contribution in [-0.2, 0) is 0 Å². The fourth-order valence-electron chi connectivity index (χ4n) is 1.60. The van der Waals surface area contributed by atoms with Gasteiger partial charge in [-0.1, -0.05) is 53.8 Å². The van der Waals surface area contributed by atoms with E-state index in [0.29, 0.717) is 5.76 Å². The molecule has 96 valence electrons. The van der Waals surface area contributed by atoms with Crippen molar-refractivity contribution in [1.82, 2.24) is 0 Å². The van der Waals surface area contributed by atoms with Crippen LogP contribution in [0.1, 0.15) is 11.1 Å². The molecule has 2 aromatic rings. The molecule has 2 rings (SSSR count). The Labute approximate surface area is 119 Å². The monoisotopic (exact) mass is 258 g/mol. The fraction of sp³-hybridized carbons (Fsp3) is 0.0526. The standard InChI is InChI=1S/C19H14O/c1-3-4-6-11-19(17-9-7-5-8-10-17)20-18-14-12-16(2)13-15-18/h5,7-10,12-15H,1H2,2H3. The van der Waals surface area contributed by atoms with E-state index in [1.165, 1.54) is 5.56 Å². The molecule has 0 aliphatic heterocycles. The molecule has 1 nitrogen and oxygen atoms in total. The number of hydrogen-bond donors (Lipinski definition) is 0. The van der Waals surface area contributed by atoms with Gasteiger partial charge in [0.2, 0.25) is 0 Å². The van der Waals surface area contributed by atoms with Gasteiger partial charge in [-0.3, -0.25) is 0 Å². The first-order chi connectivity index (χ1) is 9.79. The van der Waals surface area contributed by atoms with Gasteiger partial charge in [-0.25, -0.2) is 0 Å². The lowest BCUT2D eigenvalue weighted by Gasteiger charge is -2.07. The predicted molar refractivity (Wildman–Crippen MR) is 81.3 cm³/mol. The summed E-state index contributed by atoms with van der Waals surface area (Å²) < 4.78 is 5.86. The van der Waals surface area contributed by atoms with E-state index in [4.69, 9.17) is 4.74 Å². The molecule has 0 heterocycles. The minimum atomic E-state index is 0.581. The molecule has 2 aromatic carbocycles. The van der Waals surface area contributed by atoms with Crippen LogP contribution in [0, 0.1) is 6.92 Å². The predicted octanol–water partition coefficient (Wildman–Crippen LogP) is 4.67. The van der Waals surface area contributed by atoms with Gasteiger partial charge < -0.3 is 4.74 Å². The second-order valence-corrected chi connectivity index (χ2v) is 4.16. The summed E-state index contributed by atoms with van der Waals surface area (Å²) in [6.07, 6.45) is 0. The Morgan fingerprint density at radius 3 is 2.30 bits per heavy atom. The first kappa shape index (κ1) is 13.5. The number of hydrogen-bond acceptors (Lipinski definition) is 1. The summed E-state index contributed by atoms with van der Waals surface area (Å²) in [4.78, 5) is 0. The first-order valence-electron chi connectivity index (χ1n) is 6.24. The Balaban J connectivity index is 2.43. The van der Waals surface area contributed by atoms with Gasteiger partial charge in [0.25, 0.3) is 0 Å². The SMILES string of the molecule is C=C=C=C=C=C(Oc1ccc(C)cc1)c1ccccc1. The smallest absolute Gasteiger partial charge is 0.185 e. The van der Waals surface area contributed by atoms with Crippen molar-refractivity contribution >= 4 is 5.76 Å². The molecule has 0 aliphatic rings. The number of ether oxygens (including phenoxy) is 1. The van der Waals surface area contributed by atoms with Crippen LogP contribution in [0.15, 0.2) is 84.1 Å². The van der Waals surface area contributed by atoms with Crippen molar-refractivity contribution in [3.05, 3.63) is 95.2 Å². The Morgan fingerprint density at radius 2 is 1.65 bits per heavy atom. The number of benzene rings is 2. The van der Waals surface area contributed by atoms with Crippen molar-refractivity contribution in [3.8, 4) is 5.75 Å². The van der Waals surface area contributed by atoms with Gasteiger partial charge >= 0.3 is 0 Å². The van der Waals surface area contributed by atoms with Gasteiger partial charge in [0.1, 0.15) is 5.75 Å². The molecule has 0 saturated heterocycles. The molecule has 0 atom stereocenters. The lowest BCUT2D eigenvalue weighted by Crippen LogP contribution is -1.93. The summed E-state index contributed by atoms with van der Waals surface area (Å²) in [6.45, 7) is 5.47. The van der Waals surface area contributed by atoms with E-state index < -0.39 is 0 Å². The summed E-state index contributed by atoms with van der Waals surface area (Å²) in [7, 11) is 0. The quantitative estimate of drug-likeness (QED) is 0.574. The third-order valence-corrected chi connectivity index (χ3v) is 2.60. The molecule has 20 heavy (non-hydrogen) atoms. The van der Waals surface area contributed by atoms with Crippen LogP contribution in [0.3, 0.4) is 0 Å². The number of aryl methyl sites for hydroxylation is 1. The fourth-order valence-corrected chi connectivity index (χ4v) is 1.60. The second kappa shape index (κ2) is 6.88. The lowest BCUT2D eigenvalue weighted by molar-refractivity contribution is 0.516. The average molecular weight is 258 g/mol. The van der Waals surface area contributed by atoms with Crippen molar-refractivity contribution in [2.45, 2.75) is 6.92 Å². The van der Waals surface area contributed by atoms with Crippen LogP contribution in [0.4, 0.5) is 0 Å². The van der Waals surface area contributed by atoms with Crippen LogP contribution in [-0.4, -0.2) is 0 Å². The van der Waals surface area contributed by atoms with Gasteiger partial charge in [-0.2, -0.15) is 0 Å². The highest BCUT2D eigenvalue weighted by molar-refractivity contribution is 5.61. The van der Waals surface area contributed by atoms with Crippen molar-refractivity contribution < 1.29 is 4.74 Å². The molecule has 0 unspecified atom stereocenters. The van der Waals surface area contributed by atoms with Crippen LogP contribution in [0.2, 0.25) is 0 Å². The summed E-state index contributed by atoms with van der Waals surface area (Å²) >= 11 is 0. The van der Waals surface area contributed by atoms with Crippen molar-refractivity contribution in [3.63, 3.8) is 0 Å². The molecule has 0 N–H and O–H groups in total. The van der Waals surface area contributed by atoms with Crippen molar-refractivity contribution in [1.29, 1.82) is 0 Å². The van der Waals surface area contributed by atoms with Crippen LogP contribution < -0.4 is 4.74 Å². The average Bonchev–Trinajstić information content (AvgIpc) is 2.49. The molecule has 0 aromatic heterocycles. The molecule has 0 fully saturated rings. The molecule has 0 spiro atoms. The van der Waals surface area contributed by atoms with Gasteiger partial charge in [0, 0.05) is 5.56 Å². The van der Waals surface area contributed by atoms with Crippen LogP contribution in [0.5, 0.6) is 5.75 Å². The summed E-state index contributed by atoms with van der Waals surface area (Å²) in [5, 5.41) is 0. The zero-order chi connectivity index (χ0) is 14.2. The van der Waals surface area contributed by atoms with E-state index in [1.54, 1.807) is 0 Å². The number of rotatable bonds is 3. The minimum absolute atomic E-state index is 0.581. The highest BCUT2D eigenvalue weighted by atomic mass is 16.5. The van der Waals surface area contributed by atoms with Gasteiger partial charge in [-0.15, -0.1) is 0 Å². The van der Waals surface area contributed by atoms with Crippen molar-refractivity contribution in [2.24, 2.45) is 0 Å². The molecule has 0 aliphatic carbocycles. The van der Waals surface area contributed by atoms with Crippen LogP contribution >= 0.6 is 0 Å². The topological polar surface area (TPSA) is 9.23 Å². The molecule has 1 heteroatoms. The summed E-state index contributed by atoms with van der Waals surface area (Å²) in [5.74, 6) is 1.34. The molecular weight excluding hydrogens is 244 g/mol. The van der Waals surface area contributed by atoms with Gasteiger partial charge in [0.15, 0.2) is 5.76 Å². The lowest BCUT2D eigenvalue weighted by atomic mass is 10.2. The summed E-state index contributed by atoms with van der Waals surface area (Å²) in [6, 6.07) is 17.6. The third kappa shape index (κ3) is 3.80. The van der Waals surface area contributed by atoms with Crippen LogP contribution in [0.25, 0.3) is 5.76 Å². The highest BCUT2D eigenvalue weighted by Crippen LogP contribution is 2.20. The Bertz CT molecular complexity index is 728. The van der Waals surface area contributed by atoms with Crippen molar-refractivity contribution in [2.75, 3.05) is 0 Å². The minimum Gasteiger partial charge on any atom is -0.448 e. The zero-order valence-electron chi connectivity index (χ0n) is 11.3. The van der Waals surface area contributed by atoms with E-state index in [2.05, 4.69) is 29.5 Å². The molecule has 0 radical (unpaired) electrons.